The molecule has 0 radical (unpaired) electrons. The van der Waals surface area contributed by atoms with Crippen LogP contribution in [0.4, 0.5) is 0 Å². The fraction of sp³-hybridized carbons (Fsp3) is 0.636. The molecule has 0 N–H and O–H groups in total. The molecule has 0 aliphatic rings. The molecule has 4 nitrogen and oxygen atoms in total. The van der Waals surface area contributed by atoms with E-state index < -0.39 is 11.9 Å². The maximum absolute atomic E-state index is 11.4. The van der Waals surface area contributed by atoms with E-state index in [2.05, 4.69) is 9.47 Å². The van der Waals surface area contributed by atoms with E-state index in [9.17, 15) is 9.59 Å². The average molecular weight is 337 g/mol. The van der Waals surface area contributed by atoms with E-state index in [1.807, 2.05) is 6.92 Å². The number of ether oxygens (including phenoxy) is 2. The van der Waals surface area contributed by atoms with Crippen LogP contribution in [0.2, 0.25) is 0 Å². The van der Waals surface area contributed by atoms with Gasteiger partial charge in [-0.15, -0.1) is 0 Å². The van der Waals surface area contributed by atoms with Crippen LogP contribution < -0.4 is 0 Å². The molecule has 16 heavy (non-hydrogen) atoms. The van der Waals surface area contributed by atoms with Crippen LogP contribution in [0.5, 0.6) is 0 Å². The van der Waals surface area contributed by atoms with Crippen LogP contribution in [0.3, 0.4) is 0 Å². The summed E-state index contributed by atoms with van der Waals surface area (Å²) < 4.78 is 9.18. The molecule has 0 bridgehead atoms. The van der Waals surface area contributed by atoms with Crippen LogP contribution >= 0.6 is 0 Å². The van der Waals surface area contributed by atoms with Gasteiger partial charge in [-0.3, -0.25) is 0 Å². The molecule has 0 unspecified atom stereocenters. The number of esters is 2. The first-order valence-electron chi connectivity index (χ1n) is 4.94. The fourth-order valence-electron chi connectivity index (χ4n) is 1.20. The number of hydrogen-bond acceptors (Lipinski definition) is 4. The normalized spacial score (nSPS) is 11.0. The predicted molar refractivity (Wildman–Crippen MR) is 67.6 cm³/mol. The zero-order chi connectivity index (χ0) is 11.8. The zero-order valence-electron chi connectivity index (χ0n) is 9.75. The summed E-state index contributed by atoms with van der Waals surface area (Å²) in [6.07, 6.45) is 2.35. The first-order chi connectivity index (χ1) is 7.08. The molecule has 0 amide bonds. The quantitative estimate of drug-likeness (QED) is 0.414. The fourth-order valence-corrected chi connectivity index (χ4v) is 1.20. The summed E-state index contributed by atoms with van der Waals surface area (Å²) in [5.74, 6) is -0.933. The van der Waals surface area contributed by atoms with Gasteiger partial charge in [0.25, 0.3) is 0 Å². The molecule has 5 heteroatoms. The minimum absolute atomic E-state index is 0. The minimum atomic E-state index is -0.480. The Kier molecular flexibility index (Phi) is 10.8. The van der Waals surface area contributed by atoms with E-state index in [1.165, 1.54) is 14.2 Å². The summed E-state index contributed by atoms with van der Waals surface area (Å²) in [4.78, 5) is 22.6. The number of hydrogen-bond donors (Lipinski definition) is 0. The Morgan fingerprint density at radius 3 is 1.94 bits per heavy atom. The van der Waals surface area contributed by atoms with Crippen molar-refractivity contribution in [3.8, 4) is 0 Å². The number of unbranched alkanes of at least 4 members (excludes halogenated alkanes) is 1. The van der Waals surface area contributed by atoms with Gasteiger partial charge in [0.1, 0.15) is 0 Å². The molecule has 0 rings (SSSR count). The van der Waals surface area contributed by atoms with Crippen molar-refractivity contribution >= 4 is 35.8 Å². The van der Waals surface area contributed by atoms with Gasteiger partial charge in [-0.05, 0) is 19.8 Å². The Labute approximate surface area is 113 Å². The van der Waals surface area contributed by atoms with E-state index >= 15 is 0 Å². The van der Waals surface area contributed by atoms with Crippen LogP contribution in [-0.2, 0) is 19.1 Å². The van der Waals surface area contributed by atoms with Crippen molar-refractivity contribution in [3.05, 3.63) is 11.1 Å². The van der Waals surface area contributed by atoms with E-state index in [0.29, 0.717) is 17.6 Å². The van der Waals surface area contributed by atoms with Crippen LogP contribution in [0.15, 0.2) is 11.1 Å². The molecule has 0 fully saturated rings. The molecular weight excluding hydrogens is 315 g/mol. The average Bonchev–Trinajstić information content (AvgIpc) is 2.27. The summed E-state index contributed by atoms with van der Waals surface area (Å²) >= 11 is 0. The van der Waals surface area contributed by atoms with Crippen molar-refractivity contribution in [2.24, 2.45) is 0 Å². The Bertz CT molecular complexity index is 271. The van der Waals surface area contributed by atoms with Crippen LogP contribution in [0, 0.1) is 0 Å². The molecular formula is C11H22O4Sn. The van der Waals surface area contributed by atoms with Gasteiger partial charge in [-0.1, -0.05) is 13.3 Å². The van der Waals surface area contributed by atoms with Crippen molar-refractivity contribution in [1.29, 1.82) is 0 Å². The number of carbonyl (C=O) groups excluding carboxylic acids is 2. The number of methoxy groups -OCH3 is 2. The Morgan fingerprint density at radius 2 is 1.56 bits per heavy atom. The topological polar surface area (TPSA) is 52.6 Å². The monoisotopic (exact) mass is 338 g/mol. The zero-order valence-corrected chi connectivity index (χ0v) is 9.75. The van der Waals surface area contributed by atoms with Gasteiger partial charge in [0.15, 0.2) is 0 Å². The molecule has 0 aliphatic heterocycles. The summed E-state index contributed by atoms with van der Waals surface area (Å²) in [5.41, 5.74) is 0.740. The summed E-state index contributed by atoms with van der Waals surface area (Å²) in [7, 11) is 2.60. The van der Waals surface area contributed by atoms with Gasteiger partial charge in [0.2, 0.25) is 0 Å². The van der Waals surface area contributed by atoms with Gasteiger partial charge in [-0.2, -0.15) is 0 Å². The molecule has 0 atom stereocenters. The molecule has 0 heterocycles. The van der Waals surface area contributed by atoms with Gasteiger partial charge in [0.05, 0.1) is 14.2 Å². The molecule has 0 saturated carbocycles. The van der Waals surface area contributed by atoms with Crippen molar-refractivity contribution in [3.63, 3.8) is 0 Å². The molecule has 0 aromatic heterocycles. The Hall–Kier alpha value is -0.521. The van der Waals surface area contributed by atoms with Crippen molar-refractivity contribution in [2.45, 2.75) is 33.1 Å². The van der Waals surface area contributed by atoms with E-state index in [1.54, 1.807) is 6.92 Å². The number of rotatable bonds is 5. The molecule has 0 aromatic carbocycles. The third-order valence-electron chi connectivity index (χ3n) is 2.16. The molecule has 0 saturated heterocycles. The number of carbonyl (C=O) groups is 2. The summed E-state index contributed by atoms with van der Waals surface area (Å²) in [6.45, 7) is 3.59. The molecule has 0 aliphatic carbocycles. The first kappa shape index (κ1) is 17.9. The van der Waals surface area contributed by atoms with Gasteiger partial charge < -0.3 is 9.47 Å². The van der Waals surface area contributed by atoms with E-state index in [-0.39, 0.29) is 23.9 Å². The third-order valence-corrected chi connectivity index (χ3v) is 2.16. The van der Waals surface area contributed by atoms with Crippen LogP contribution in [-0.4, -0.2) is 50.1 Å². The molecule has 0 spiro atoms. The van der Waals surface area contributed by atoms with Crippen LogP contribution in [0.1, 0.15) is 33.1 Å². The van der Waals surface area contributed by atoms with Crippen molar-refractivity contribution in [1.82, 2.24) is 0 Å². The van der Waals surface area contributed by atoms with E-state index in [4.69, 9.17) is 0 Å². The SMILES string of the molecule is CCCC/C(C(=O)OC)=C(\C)C(=O)OC.[SnH4]. The van der Waals surface area contributed by atoms with Crippen molar-refractivity contribution in [2.75, 3.05) is 14.2 Å². The summed E-state index contributed by atoms with van der Waals surface area (Å²) in [5, 5.41) is 0. The van der Waals surface area contributed by atoms with Gasteiger partial charge in [-0.25, -0.2) is 9.59 Å². The van der Waals surface area contributed by atoms with Gasteiger partial charge in [0, 0.05) is 11.1 Å². The van der Waals surface area contributed by atoms with Gasteiger partial charge >= 0.3 is 35.8 Å². The standard InChI is InChI=1S/C11H18O4.Sn.4H/c1-5-6-7-9(11(13)15-4)8(2)10(12)14-3;;;;;/h5-7H2,1-4H3;;;;;/b9-8-;;;;;. The van der Waals surface area contributed by atoms with Crippen molar-refractivity contribution < 1.29 is 19.1 Å². The molecule has 94 valence electrons. The predicted octanol–water partition coefficient (Wildman–Crippen LogP) is 0.387. The van der Waals surface area contributed by atoms with E-state index in [0.717, 1.165) is 12.8 Å². The first-order valence-corrected chi connectivity index (χ1v) is 4.94. The molecule has 0 aromatic rings. The second-order valence-corrected chi connectivity index (χ2v) is 3.19. The Balaban J connectivity index is 0. The summed E-state index contributed by atoms with van der Waals surface area (Å²) in [6, 6.07) is 0. The second kappa shape index (κ2) is 9.69. The van der Waals surface area contributed by atoms with Crippen LogP contribution in [0.25, 0.3) is 0 Å². The third kappa shape index (κ3) is 5.53. The Morgan fingerprint density at radius 1 is 1.06 bits per heavy atom. The second-order valence-electron chi connectivity index (χ2n) is 3.19. The maximum atomic E-state index is 11.4.